The number of primary amides is 1. The van der Waals surface area contributed by atoms with Crippen molar-refractivity contribution in [1.29, 1.82) is 0 Å². The fraction of sp³-hybridized carbons (Fsp3) is 0.250. The van der Waals surface area contributed by atoms with E-state index in [9.17, 15) is 13.2 Å². The van der Waals surface area contributed by atoms with Gasteiger partial charge in [-0.2, -0.15) is 0 Å². The number of sulfone groups is 1. The number of hydrogen-bond acceptors (Lipinski definition) is 5. The van der Waals surface area contributed by atoms with Gasteiger partial charge in [0.2, 0.25) is 9.84 Å². The Labute approximate surface area is 141 Å². The molecule has 0 fully saturated rings. The zero-order chi connectivity index (χ0) is 18.0. The SMILES string of the molecule is Cc1cccc(Nc2ccncc2S(=O)(=O)C(C)(C)NC(N)=O)c1. The fourth-order valence-electron chi connectivity index (χ4n) is 2.21. The molecule has 0 bridgehead atoms. The number of aryl methyl sites for hydroxylation is 1. The van der Waals surface area contributed by atoms with Crippen LogP contribution in [0.1, 0.15) is 19.4 Å². The molecule has 0 aliphatic heterocycles. The van der Waals surface area contributed by atoms with Gasteiger partial charge in [0.1, 0.15) is 9.77 Å². The molecule has 2 aromatic rings. The second-order valence-corrected chi connectivity index (χ2v) is 8.34. The number of anilines is 2. The minimum Gasteiger partial charge on any atom is -0.354 e. The normalized spacial score (nSPS) is 11.8. The molecule has 4 N–H and O–H groups in total. The Morgan fingerprint density at radius 2 is 1.96 bits per heavy atom. The highest BCUT2D eigenvalue weighted by Crippen LogP contribution is 2.30. The van der Waals surface area contributed by atoms with Crippen molar-refractivity contribution in [2.24, 2.45) is 5.73 Å². The molecule has 8 heteroatoms. The predicted molar refractivity (Wildman–Crippen MR) is 92.7 cm³/mol. The average molecular weight is 348 g/mol. The summed E-state index contributed by atoms with van der Waals surface area (Å²) in [7, 11) is -3.93. The third-order valence-corrected chi connectivity index (χ3v) is 5.82. The van der Waals surface area contributed by atoms with Gasteiger partial charge in [0, 0.05) is 18.1 Å². The molecular formula is C16H20N4O3S. The summed E-state index contributed by atoms with van der Waals surface area (Å²) in [5.41, 5.74) is 7.24. The van der Waals surface area contributed by atoms with Crippen LogP contribution in [0.4, 0.5) is 16.2 Å². The van der Waals surface area contributed by atoms with Crippen LogP contribution in [-0.2, 0) is 9.84 Å². The van der Waals surface area contributed by atoms with Crippen LogP contribution in [0.3, 0.4) is 0 Å². The lowest BCUT2D eigenvalue weighted by Gasteiger charge is -2.26. The molecule has 0 atom stereocenters. The van der Waals surface area contributed by atoms with Crippen molar-refractivity contribution in [2.75, 3.05) is 5.32 Å². The summed E-state index contributed by atoms with van der Waals surface area (Å²) in [5, 5.41) is 5.34. The van der Waals surface area contributed by atoms with Gasteiger partial charge in [-0.15, -0.1) is 0 Å². The molecule has 128 valence electrons. The van der Waals surface area contributed by atoms with E-state index >= 15 is 0 Å². The van der Waals surface area contributed by atoms with Crippen molar-refractivity contribution in [1.82, 2.24) is 10.3 Å². The Hall–Kier alpha value is -2.61. The van der Waals surface area contributed by atoms with Crippen LogP contribution in [0, 0.1) is 6.92 Å². The van der Waals surface area contributed by atoms with E-state index < -0.39 is 20.7 Å². The van der Waals surface area contributed by atoms with E-state index in [2.05, 4.69) is 15.6 Å². The minimum absolute atomic E-state index is 0.0229. The van der Waals surface area contributed by atoms with Gasteiger partial charge < -0.3 is 16.4 Å². The van der Waals surface area contributed by atoms with Gasteiger partial charge in [-0.3, -0.25) is 4.98 Å². The molecule has 1 heterocycles. The molecule has 0 saturated carbocycles. The number of urea groups is 1. The second-order valence-electron chi connectivity index (χ2n) is 5.87. The number of pyridine rings is 1. The van der Waals surface area contributed by atoms with Crippen molar-refractivity contribution >= 4 is 27.2 Å². The first-order valence-corrected chi connectivity index (χ1v) is 8.72. The van der Waals surface area contributed by atoms with Crippen LogP contribution < -0.4 is 16.4 Å². The standard InChI is InChI=1S/C16H20N4O3S/c1-11-5-4-6-12(9-11)19-13-7-8-18-10-14(13)24(22,23)16(2,3)20-15(17)21/h4-10H,1-3H3,(H,18,19)(H3,17,20,21). The molecule has 0 spiro atoms. The van der Waals surface area contributed by atoms with Crippen LogP contribution in [0.2, 0.25) is 0 Å². The lowest BCUT2D eigenvalue weighted by molar-refractivity contribution is 0.244. The highest BCUT2D eigenvalue weighted by Gasteiger charge is 2.38. The summed E-state index contributed by atoms with van der Waals surface area (Å²) in [6, 6.07) is 8.18. The first kappa shape index (κ1) is 17.7. The highest BCUT2D eigenvalue weighted by molar-refractivity contribution is 7.93. The van der Waals surface area contributed by atoms with E-state index in [0.29, 0.717) is 5.69 Å². The Bertz CT molecular complexity index is 863. The smallest absolute Gasteiger partial charge is 0.313 e. The van der Waals surface area contributed by atoms with Crippen LogP contribution in [0.25, 0.3) is 0 Å². The number of aromatic nitrogens is 1. The van der Waals surface area contributed by atoms with Crippen LogP contribution in [-0.4, -0.2) is 24.3 Å². The highest BCUT2D eigenvalue weighted by atomic mass is 32.2. The number of hydrogen-bond donors (Lipinski definition) is 3. The molecule has 24 heavy (non-hydrogen) atoms. The van der Waals surface area contributed by atoms with E-state index in [1.54, 1.807) is 6.07 Å². The molecule has 1 aromatic heterocycles. The zero-order valence-electron chi connectivity index (χ0n) is 13.7. The molecule has 0 unspecified atom stereocenters. The maximum atomic E-state index is 12.9. The number of benzene rings is 1. The molecular weight excluding hydrogens is 328 g/mol. The minimum atomic E-state index is -3.93. The Balaban J connectivity index is 2.47. The lowest BCUT2D eigenvalue weighted by Crippen LogP contribution is -2.51. The van der Waals surface area contributed by atoms with Gasteiger partial charge >= 0.3 is 6.03 Å². The molecule has 2 amide bonds. The number of carbonyl (C=O) groups is 1. The van der Waals surface area contributed by atoms with Crippen molar-refractivity contribution < 1.29 is 13.2 Å². The maximum absolute atomic E-state index is 12.9. The molecule has 0 aliphatic carbocycles. The van der Waals surface area contributed by atoms with Gasteiger partial charge in [0.25, 0.3) is 0 Å². The third kappa shape index (κ3) is 3.65. The summed E-state index contributed by atoms with van der Waals surface area (Å²) < 4.78 is 25.8. The summed E-state index contributed by atoms with van der Waals surface area (Å²) in [5.74, 6) is 0. The number of amides is 2. The first-order valence-electron chi connectivity index (χ1n) is 7.23. The second kappa shape index (κ2) is 6.48. The maximum Gasteiger partial charge on any atom is 0.313 e. The first-order chi connectivity index (χ1) is 11.1. The summed E-state index contributed by atoms with van der Waals surface area (Å²) in [6.07, 6.45) is 2.74. The van der Waals surface area contributed by atoms with E-state index in [0.717, 1.165) is 11.3 Å². The predicted octanol–water partition coefficient (Wildman–Crippen LogP) is 2.31. The topological polar surface area (TPSA) is 114 Å². The summed E-state index contributed by atoms with van der Waals surface area (Å²) >= 11 is 0. The molecule has 7 nitrogen and oxygen atoms in total. The number of nitrogens with one attached hydrogen (secondary N) is 2. The number of nitrogens with two attached hydrogens (primary N) is 1. The van der Waals surface area contributed by atoms with Crippen LogP contribution >= 0.6 is 0 Å². The number of carbonyl (C=O) groups excluding carboxylic acids is 1. The Morgan fingerprint density at radius 1 is 1.25 bits per heavy atom. The number of nitrogens with zero attached hydrogens (tertiary/aromatic N) is 1. The third-order valence-electron chi connectivity index (χ3n) is 3.47. The molecule has 0 radical (unpaired) electrons. The average Bonchev–Trinajstić information content (AvgIpc) is 2.46. The molecule has 0 aliphatic rings. The Morgan fingerprint density at radius 3 is 2.58 bits per heavy atom. The van der Waals surface area contributed by atoms with Gasteiger partial charge in [0.15, 0.2) is 0 Å². The monoisotopic (exact) mass is 348 g/mol. The molecule has 0 saturated heterocycles. The van der Waals surface area contributed by atoms with Crippen molar-refractivity contribution in [2.45, 2.75) is 30.5 Å². The fourth-order valence-corrected chi connectivity index (χ4v) is 3.61. The van der Waals surface area contributed by atoms with Gasteiger partial charge in [0.05, 0.1) is 5.69 Å². The lowest BCUT2D eigenvalue weighted by atomic mass is 10.2. The van der Waals surface area contributed by atoms with Crippen molar-refractivity contribution in [3.8, 4) is 0 Å². The van der Waals surface area contributed by atoms with Crippen molar-refractivity contribution in [3.63, 3.8) is 0 Å². The molecule has 2 rings (SSSR count). The van der Waals surface area contributed by atoms with E-state index in [1.807, 2.05) is 31.2 Å². The van der Waals surface area contributed by atoms with E-state index in [1.165, 1.54) is 26.2 Å². The Kier molecular flexibility index (Phi) is 4.79. The summed E-state index contributed by atoms with van der Waals surface area (Å²) in [6.45, 7) is 4.68. The van der Waals surface area contributed by atoms with Crippen LogP contribution in [0.15, 0.2) is 47.6 Å². The van der Waals surface area contributed by atoms with Crippen molar-refractivity contribution in [3.05, 3.63) is 48.3 Å². The summed E-state index contributed by atoms with van der Waals surface area (Å²) in [4.78, 5) is 13.4. The van der Waals surface area contributed by atoms with E-state index in [4.69, 9.17) is 5.73 Å². The quantitative estimate of drug-likeness (QED) is 0.767. The van der Waals surface area contributed by atoms with E-state index in [-0.39, 0.29) is 4.90 Å². The van der Waals surface area contributed by atoms with Gasteiger partial charge in [-0.25, -0.2) is 13.2 Å². The number of rotatable bonds is 5. The molecule has 1 aromatic carbocycles. The largest absolute Gasteiger partial charge is 0.354 e. The van der Waals surface area contributed by atoms with Gasteiger partial charge in [-0.05, 0) is 44.5 Å². The van der Waals surface area contributed by atoms with Gasteiger partial charge in [-0.1, -0.05) is 12.1 Å². The zero-order valence-corrected chi connectivity index (χ0v) is 14.5. The van der Waals surface area contributed by atoms with Crippen LogP contribution in [0.5, 0.6) is 0 Å².